The highest BCUT2D eigenvalue weighted by Gasteiger charge is 2.23. The lowest BCUT2D eigenvalue weighted by atomic mass is 10.0. The van der Waals surface area contributed by atoms with Gasteiger partial charge in [0.2, 0.25) is 5.78 Å². The van der Waals surface area contributed by atoms with Crippen molar-refractivity contribution in [3.8, 4) is 5.75 Å². The Morgan fingerprint density at radius 3 is 2.58 bits per heavy atom. The minimum atomic E-state index is -0.845. The number of Topliss-reactive ketones (excluding diaryl/α,β-unsaturated/α-hetero) is 1. The van der Waals surface area contributed by atoms with Gasteiger partial charge in [-0.1, -0.05) is 24.3 Å². The van der Waals surface area contributed by atoms with E-state index in [1.54, 1.807) is 31.2 Å². The lowest BCUT2D eigenvalue weighted by Gasteiger charge is -2.14. The quantitative estimate of drug-likeness (QED) is 0.623. The third-order valence-electron chi connectivity index (χ3n) is 4.36. The third kappa shape index (κ3) is 3.18. The van der Waals surface area contributed by atoms with Crippen molar-refractivity contribution < 1.29 is 19.1 Å². The number of fused-ring (bicyclic) bond motifs is 1. The molecule has 0 heterocycles. The SMILES string of the molecule is COc1ccccc1C(=O)O[C@H](C)C(=O)c1ccc2c(c1)CCC2. The summed E-state index contributed by atoms with van der Waals surface area (Å²) in [4.78, 5) is 24.9. The van der Waals surface area contributed by atoms with E-state index in [0.717, 1.165) is 19.3 Å². The van der Waals surface area contributed by atoms with Crippen molar-refractivity contribution >= 4 is 11.8 Å². The van der Waals surface area contributed by atoms with E-state index in [9.17, 15) is 9.59 Å². The average Bonchev–Trinajstić information content (AvgIpc) is 3.08. The van der Waals surface area contributed by atoms with Crippen molar-refractivity contribution in [3.05, 3.63) is 64.7 Å². The number of esters is 1. The van der Waals surface area contributed by atoms with Crippen LogP contribution in [0.4, 0.5) is 0 Å². The Hall–Kier alpha value is -2.62. The molecule has 0 bridgehead atoms. The normalized spacial score (nSPS) is 13.9. The van der Waals surface area contributed by atoms with Crippen LogP contribution in [0.1, 0.15) is 45.2 Å². The Morgan fingerprint density at radius 2 is 1.79 bits per heavy atom. The molecule has 0 saturated heterocycles. The molecule has 0 aliphatic heterocycles. The predicted molar refractivity (Wildman–Crippen MR) is 90.7 cm³/mol. The fraction of sp³-hybridized carbons (Fsp3) is 0.300. The molecular weight excluding hydrogens is 304 g/mol. The van der Waals surface area contributed by atoms with Crippen molar-refractivity contribution in [3.63, 3.8) is 0 Å². The molecule has 0 N–H and O–H groups in total. The van der Waals surface area contributed by atoms with Crippen molar-refractivity contribution in [2.45, 2.75) is 32.3 Å². The summed E-state index contributed by atoms with van der Waals surface area (Å²) in [5.41, 5.74) is 3.44. The molecular formula is C20H20O4. The molecule has 0 unspecified atom stereocenters. The van der Waals surface area contributed by atoms with Gasteiger partial charge in [0.25, 0.3) is 0 Å². The van der Waals surface area contributed by atoms with Crippen molar-refractivity contribution in [1.82, 2.24) is 0 Å². The Kier molecular flexibility index (Phi) is 4.65. The average molecular weight is 324 g/mol. The smallest absolute Gasteiger partial charge is 0.342 e. The molecule has 1 atom stereocenters. The van der Waals surface area contributed by atoms with Crippen LogP contribution >= 0.6 is 0 Å². The second-order valence-electron chi connectivity index (χ2n) is 5.95. The number of ether oxygens (including phenoxy) is 2. The van der Waals surface area contributed by atoms with Crippen LogP contribution in [0.3, 0.4) is 0 Å². The molecule has 0 saturated carbocycles. The summed E-state index contributed by atoms with van der Waals surface area (Å²) in [6.45, 7) is 1.60. The second-order valence-corrected chi connectivity index (χ2v) is 5.95. The van der Waals surface area contributed by atoms with Gasteiger partial charge in [-0.3, -0.25) is 4.79 Å². The molecule has 124 valence electrons. The summed E-state index contributed by atoms with van der Waals surface area (Å²) in [7, 11) is 1.49. The molecule has 0 radical (unpaired) electrons. The molecule has 4 nitrogen and oxygen atoms in total. The van der Waals surface area contributed by atoms with Gasteiger partial charge < -0.3 is 9.47 Å². The van der Waals surface area contributed by atoms with Crippen LogP contribution < -0.4 is 4.74 Å². The highest BCUT2D eigenvalue weighted by atomic mass is 16.5. The zero-order valence-corrected chi connectivity index (χ0v) is 13.9. The van der Waals surface area contributed by atoms with Gasteiger partial charge in [0.05, 0.1) is 7.11 Å². The summed E-state index contributed by atoms with van der Waals surface area (Å²) in [5, 5.41) is 0. The summed E-state index contributed by atoms with van der Waals surface area (Å²) in [5.74, 6) is -0.318. The van der Waals surface area contributed by atoms with Crippen LogP contribution in [0.15, 0.2) is 42.5 Å². The molecule has 0 fully saturated rings. The van der Waals surface area contributed by atoms with Gasteiger partial charge in [-0.05, 0) is 55.5 Å². The van der Waals surface area contributed by atoms with Crippen LogP contribution in [0.2, 0.25) is 0 Å². The van der Waals surface area contributed by atoms with E-state index in [1.165, 1.54) is 18.2 Å². The maximum atomic E-state index is 12.6. The van der Waals surface area contributed by atoms with E-state index in [1.807, 2.05) is 18.2 Å². The number of aryl methyl sites for hydroxylation is 2. The third-order valence-corrected chi connectivity index (χ3v) is 4.36. The van der Waals surface area contributed by atoms with Crippen molar-refractivity contribution in [2.75, 3.05) is 7.11 Å². The molecule has 0 spiro atoms. The number of rotatable bonds is 5. The fourth-order valence-corrected chi connectivity index (χ4v) is 3.05. The Bertz CT molecular complexity index is 779. The topological polar surface area (TPSA) is 52.6 Å². The van der Waals surface area contributed by atoms with Gasteiger partial charge in [-0.25, -0.2) is 4.79 Å². The molecule has 1 aliphatic carbocycles. The number of carbonyl (C=O) groups is 2. The Morgan fingerprint density at radius 1 is 1.04 bits per heavy atom. The molecule has 0 amide bonds. The number of methoxy groups -OCH3 is 1. The number of carbonyl (C=O) groups excluding carboxylic acids is 2. The zero-order chi connectivity index (χ0) is 17.1. The first-order chi connectivity index (χ1) is 11.6. The highest BCUT2D eigenvalue weighted by molar-refractivity contribution is 6.02. The van der Waals surface area contributed by atoms with Crippen LogP contribution in [-0.2, 0) is 17.6 Å². The van der Waals surface area contributed by atoms with Gasteiger partial charge in [0.1, 0.15) is 11.3 Å². The summed E-state index contributed by atoms with van der Waals surface area (Å²) in [6, 6.07) is 12.6. The van der Waals surface area contributed by atoms with E-state index in [2.05, 4.69) is 0 Å². The first kappa shape index (κ1) is 16.2. The summed E-state index contributed by atoms with van der Waals surface area (Å²) in [6.07, 6.45) is 2.36. The van der Waals surface area contributed by atoms with Gasteiger partial charge in [0, 0.05) is 5.56 Å². The molecule has 4 heteroatoms. The summed E-state index contributed by atoms with van der Waals surface area (Å²) >= 11 is 0. The van der Waals surface area contributed by atoms with E-state index in [-0.39, 0.29) is 5.78 Å². The highest BCUT2D eigenvalue weighted by Crippen LogP contribution is 2.24. The largest absolute Gasteiger partial charge is 0.496 e. The minimum absolute atomic E-state index is 0.187. The van der Waals surface area contributed by atoms with E-state index in [0.29, 0.717) is 16.9 Å². The van der Waals surface area contributed by atoms with E-state index >= 15 is 0 Å². The maximum absolute atomic E-state index is 12.6. The van der Waals surface area contributed by atoms with Gasteiger partial charge >= 0.3 is 5.97 Å². The van der Waals surface area contributed by atoms with Gasteiger partial charge in [-0.15, -0.1) is 0 Å². The van der Waals surface area contributed by atoms with Crippen molar-refractivity contribution in [2.24, 2.45) is 0 Å². The molecule has 2 aromatic carbocycles. The van der Waals surface area contributed by atoms with Crippen LogP contribution in [0.25, 0.3) is 0 Å². The lowest BCUT2D eigenvalue weighted by molar-refractivity contribution is 0.0316. The van der Waals surface area contributed by atoms with Crippen molar-refractivity contribution in [1.29, 1.82) is 0 Å². The van der Waals surface area contributed by atoms with Gasteiger partial charge in [-0.2, -0.15) is 0 Å². The van der Waals surface area contributed by atoms with Crippen LogP contribution in [0.5, 0.6) is 5.75 Å². The predicted octanol–water partition coefficient (Wildman–Crippen LogP) is 3.61. The van der Waals surface area contributed by atoms with E-state index in [4.69, 9.17) is 9.47 Å². The van der Waals surface area contributed by atoms with Crippen LogP contribution in [-0.4, -0.2) is 25.0 Å². The molecule has 1 aliphatic rings. The first-order valence-electron chi connectivity index (χ1n) is 8.10. The maximum Gasteiger partial charge on any atom is 0.342 e. The first-order valence-corrected chi connectivity index (χ1v) is 8.10. The Labute approximate surface area is 141 Å². The molecule has 24 heavy (non-hydrogen) atoms. The monoisotopic (exact) mass is 324 g/mol. The van der Waals surface area contributed by atoms with Gasteiger partial charge in [0.15, 0.2) is 6.10 Å². The number of ketones is 1. The Balaban J connectivity index is 1.73. The lowest BCUT2D eigenvalue weighted by Crippen LogP contribution is -2.24. The number of para-hydroxylation sites is 1. The number of benzene rings is 2. The summed E-state index contributed by atoms with van der Waals surface area (Å²) < 4.78 is 10.5. The molecule has 3 rings (SSSR count). The molecule has 0 aromatic heterocycles. The van der Waals surface area contributed by atoms with Crippen LogP contribution in [0, 0.1) is 0 Å². The number of hydrogen-bond acceptors (Lipinski definition) is 4. The standard InChI is InChI=1S/C20H20O4/c1-13(24-20(22)17-8-3-4-9-18(17)23-2)19(21)16-11-10-14-6-5-7-15(14)12-16/h3-4,8-13H,5-7H2,1-2H3/t13-/m1/s1. The second kappa shape index (κ2) is 6.87. The minimum Gasteiger partial charge on any atom is -0.496 e. The van der Waals surface area contributed by atoms with E-state index < -0.39 is 12.1 Å². The molecule has 2 aromatic rings. The zero-order valence-electron chi connectivity index (χ0n) is 13.9. The number of hydrogen-bond donors (Lipinski definition) is 0. The fourth-order valence-electron chi connectivity index (χ4n) is 3.05.